The van der Waals surface area contributed by atoms with Crippen molar-refractivity contribution in [2.45, 2.75) is 19.8 Å². The number of amides is 1. The van der Waals surface area contributed by atoms with Crippen LogP contribution < -0.4 is 15.8 Å². The maximum absolute atomic E-state index is 13.2. The molecule has 1 aromatic heterocycles. The van der Waals surface area contributed by atoms with Crippen LogP contribution in [0.2, 0.25) is 5.02 Å². The predicted molar refractivity (Wildman–Crippen MR) is 120 cm³/mol. The number of nitrogens with zero attached hydrogens (tertiary/aromatic N) is 3. The summed E-state index contributed by atoms with van der Waals surface area (Å²) in [4.78, 5) is 27.2. The molecule has 0 aliphatic carbocycles. The summed E-state index contributed by atoms with van der Waals surface area (Å²) in [5.74, 6) is -0.0739. The lowest BCUT2D eigenvalue weighted by atomic mass is 9.97. The molecule has 1 amide bonds. The highest BCUT2D eigenvalue weighted by Crippen LogP contribution is 2.25. The van der Waals surface area contributed by atoms with Gasteiger partial charge in [-0.05, 0) is 67.8 Å². The highest BCUT2D eigenvalue weighted by atomic mass is 35.5. The summed E-state index contributed by atoms with van der Waals surface area (Å²) < 4.78 is 14.5. The average Bonchev–Trinajstić information content (AvgIpc) is 2.77. The van der Waals surface area contributed by atoms with Crippen LogP contribution in [0.5, 0.6) is 0 Å². The Balaban J connectivity index is 1.52. The van der Waals surface area contributed by atoms with Gasteiger partial charge in [0, 0.05) is 29.9 Å². The molecular formula is C23H22ClFN4O2. The minimum atomic E-state index is -0.382. The Bertz CT molecular complexity index is 1160. The van der Waals surface area contributed by atoms with Crippen LogP contribution in [0.25, 0.3) is 5.69 Å². The van der Waals surface area contributed by atoms with Crippen molar-refractivity contribution in [2.24, 2.45) is 5.92 Å². The van der Waals surface area contributed by atoms with Crippen LogP contribution in [0, 0.1) is 18.7 Å². The number of aromatic nitrogens is 2. The van der Waals surface area contributed by atoms with Crippen molar-refractivity contribution in [1.82, 2.24) is 9.78 Å². The quantitative estimate of drug-likeness (QED) is 0.660. The van der Waals surface area contributed by atoms with Crippen molar-refractivity contribution in [3.63, 3.8) is 0 Å². The van der Waals surface area contributed by atoms with Gasteiger partial charge in [0.2, 0.25) is 5.91 Å². The van der Waals surface area contributed by atoms with E-state index in [-0.39, 0.29) is 23.2 Å². The van der Waals surface area contributed by atoms with E-state index in [2.05, 4.69) is 10.4 Å². The number of rotatable bonds is 4. The molecule has 0 bridgehead atoms. The molecule has 0 saturated carbocycles. The molecule has 3 aromatic rings. The summed E-state index contributed by atoms with van der Waals surface area (Å²) >= 11 is 6.06. The smallest absolute Gasteiger partial charge is 0.271 e. The number of aryl methyl sites for hydroxylation is 1. The zero-order valence-corrected chi connectivity index (χ0v) is 17.8. The number of hydrogen-bond donors (Lipinski definition) is 1. The zero-order chi connectivity index (χ0) is 22.0. The van der Waals surface area contributed by atoms with Crippen LogP contribution >= 0.6 is 11.6 Å². The molecule has 1 atom stereocenters. The number of piperidine rings is 1. The van der Waals surface area contributed by atoms with Crippen LogP contribution in [0.3, 0.4) is 0 Å². The summed E-state index contributed by atoms with van der Waals surface area (Å²) in [6, 6.07) is 14.1. The number of carbonyl (C=O) groups is 1. The number of anilines is 2. The number of halogens is 2. The second kappa shape index (κ2) is 8.89. The van der Waals surface area contributed by atoms with Crippen LogP contribution in [0.4, 0.5) is 15.9 Å². The van der Waals surface area contributed by atoms with Crippen molar-refractivity contribution < 1.29 is 9.18 Å². The Morgan fingerprint density at radius 2 is 1.94 bits per heavy atom. The zero-order valence-electron chi connectivity index (χ0n) is 17.0. The summed E-state index contributed by atoms with van der Waals surface area (Å²) in [7, 11) is 0. The van der Waals surface area contributed by atoms with Gasteiger partial charge in [-0.25, -0.2) is 4.39 Å². The van der Waals surface area contributed by atoms with Crippen LogP contribution in [-0.2, 0) is 4.79 Å². The topological polar surface area (TPSA) is 67.2 Å². The molecule has 6 nitrogen and oxygen atoms in total. The van der Waals surface area contributed by atoms with E-state index in [9.17, 15) is 14.0 Å². The third-order valence-electron chi connectivity index (χ3n) is 5.43. The summed E-state index contributed by atoms with van der Waals surface area (Å²) in [5, 5.41) is 8.01. The van der Waals surface area contributed by atoms with Crippen LogP contribution in [0.15, 0.2) is 59.4 Å². The first-order valence-corrected chi connectivity index (χ1v) is 10.5. The molecule has 0 spiro atoms. The van der Waals surface area contributed by atoms with Gasteiger partial charge < -0.3 is 10.2 Å². The number of benzene rings is 2. The highest BCUT2D eigenvalue weighted by Gasteiger charge is 2.27. The Kier molecular flexibility index (Phi) is 6.04. The number of hydrogen-bond acceptors (Lipinski definition) is 4. The van der Waals surface area contributed by atoms with Crippen molar-refractivity contribution in [1.29, 1.82) is 0 Å². The van der Waals surface area contributed by atoms with Gasteiger partial charge in [0.25, 0.3) is 5.56 Å². The molecule has 1 aliphatic rings. The second-order valence-corrected chi connectivity index (χ2v) is 8.09. The highest BCUT2D eigenvalue weighted by molar-refractivity contribution is 6.31. The maximum atomic E-state index is 13.2. The van der Waals surface area contributed by atoms with Gasteiger partial charge in [-0.1, -0.05) is 17.7 Å². The molecule has 4 rings (SSSR count). The maximum Gasteiger partial charge on any atom is 0.271 e. The first kappa shape index (κ1) is 21.1. The van der Waals surface area contributed by atoms with Crippen LogP contribution in [-0.4, -0.2) is 28.8 Å². The Labute approximate surface area is 184 Å². The lowest BCUT2D eigenvalue weighted by molar-refractivity contribution is -0.120. The Hall–Kier alpha value is -3.19. The molecular weight excluding hydrogens is 419 g/mol. The summed E-state index contributed by atoms with van der Waals surface area (Å²) in [6.45, 7) is 3.14. The fraction of sp³-hybridized carbons (Fsp3) is 0.261. The first-order chi connectivity index (χ1) is 14.9. The SMILES string of the molecule is Cc1ccc(Cl)cc1NC(=O)[C@H]1CCCN(c2ccc(=O)n(-c3ccc(F)cc3)n2)C1. The van der Waals surface area contributed by atoms with Gasteiger partial charge in [-0.2, -0.15) is 4.68 Å². The number of carbonyl (C=O) groups excluding carboxylic acids is 1. The summed E-state index contributed by atoms with van der Waals surface area (Å²) in [5.41, 5.74) is 1.82. The molecule has 1 fully saturated rings. The normalized spacial score (nSPS) is 16.2. The monoisotopic (exact) mass is 440 g/mol. The molecule has 8 heteroatoms. The third-order valence-corrected chi connectivity index (χ3v) is 5.67. The standard InChI is InChI=1S/C23H22ClFN4O2/c1-15-4-5-17(24)13-20(15)26-23(31)16-3-2-12-28(14-16)21-10-11-22(30)29(27-21)19-8-6-18(25)7-9-19/h4-11,13,16H,2-3,12,14H2,1H3,(H,26,31)/t16-/m0/s1. The van der Waals surface area contributed by atoms with E-state index in [1.807, 2.05) is 17.9 Å². The van der Waals surface area contributed by atoms with E-state index in [1.54, 1.807) is 18.2 Å². The summed E-state index contributed by atoms with van der Waals surface area (Å²) in [6.07, 6.45) is 1.59. The van der Waals surface area contributed by atoms with E-state index < -0.39 is 0 Å². The van der Waals surface area contributed by atoms with E-state index in [0.717, 1.165) is 24.9 Å². The van der Waals surface area contributed by atoms with E-state index >= 15 is 0 Å². The van der Waals surface area contributed by atoms with E-state index in [4.69, 9.17) is 11.6 Å². The predicted octanol–water partition coefficient (Wildman–Crippen LogP) is 4.19. The minimum absolute atomic E-state index is 0.0677. The third kappa shape index (κ3) is 4.77. The fourth-order valence-corrected chi connectivity index (χ4v) is 3.87. The van der Waals surface area contributed by atoms with Gasteiger partial charge in [0.1, 0.15) is 11.6 Å². The van der Waals surface area contributed by atoms with Gasteiger partial charge in [-0.3, -0.25) is 9.59 Å². The van der Waals surface area contributed by atoms with Gasteiger partial charge in [0.15, 0.2) is 0 Å². The fourth-order valence-electron chi connectivity index (χ4n) is 3.70. The molecule has 1 N–H and O–H groups in total. The molecule has 1 saturated heterocycles. The van der Waals surface area contributed by atoms with Crippen molar-refractivity contribution >= 4 is 29.0 Å². The van der Waals surface area contributed by atoms with E-state index in [0.29, 0.717) is 28.8 Å². The van der Waals surface area contributed by atoms with Crippen molar-refractivity contribution in [3.05, 3.63) is 81.4 Å². The minimum Gasteiger partial charge on any atom is -0.354 e. The second-order valence-electron chi connectivity index (χ2n) is 7.65. The molecule has 2 heterocycles. The van der Waals surface area contributed by atoms with Crippen molar-refractivity contribution in [2.75, 3.05) is 23.3 Å². The van der Waals surface area contributed by atoms with Crippen LogP contribution in [0.1, 0.15) is 18.4 Å². The molecule has 0 radical (unpaired) electrons. The Morgan fingerprint density at radius 3 is 2.71 bits per heavy atom. The molecule has 160 valence electrons. The van der Waals surface area contributed by atoms with Gasteiger partial charge in [0.05, 0.1) is 11.6 Å². The average molecular weight is 441 g/mol. The lowest BCUT2D eigenvalue weighted by Gasteiger charge is -2.33. The largest absolute Gasteiger partial charge is 0.354 e. The number of nitrogens with one attached hydrogen (secondary N) is 1. The lowest BCUT2D eigenvalue weighted by Crippen LogP contribution is -2.41. The van der Waals surface area contributed by atoms with Crippen molar-refractivity contribution in [3.8, 4) is 5.69 Å². The Morgan fingerprint density at radius 1 is 1.16 bits per heavy atom. The van der Waals surface area contributed by atoms with Gasteiger partial charge >= 0.3 is 0 Å². The van der Waals surface area contributed by atoms with Gasteiger partial charge in [-0.15, -0.1) is 5.10 Å². The molecule has 1 aliphatic heterocycles. The molecule has 0 unspecified atom stereocenters. The van der Waals surface area contributed by atoms with E-state index in [1.165, 1.54) is 35.0 Å². The molecule has 2 aromatic carbocycles. The molecule has 31 heavy (non-hydrogen) atoms. The first-order valence-electron chi connectivity index (χ1n) is 10.1.